The van der Waals surface area contributed by atoms with Gasteiger partial charge in [-0.25, -0.2) is 4.79 Å². The van der Waals surface area contributed by atoms with Gasteiger partial charge in [-0.2, -0.15) is 0 Å². The zero-order valence-electron chi connectivity index (χ0n) is 14.7. The van der Waals surface area contributed by atoms with Gasteiger partial charge in [0, 0.05) is 24.8 Å². The van der Waals surface area contributed by atoms with Crippen molar-refractivity contribution in [3.05, 3.63) is 35.4 Å². The molecular formula is C20H23N3O3. The molecule has 3 fully saturated rings. The SMILES string of the molecule is O=C1NC(=O)N(C2CCCC2)C(=O)C1=Cc1ccc(N2CCCC2)cc1. The van der Waals surface area contributed by atoms with Gasteiger partial charge in [-0.15, -0.1) is 0 Å². The molecule has 136 valence electrons. The second-order valence-corrected chi connectivity index (χ2v) is 7.22. The summed E-state index contributed by atoms with van der Waals surface area (Å²) in [6.45, 7) is 2.14. The zero-order chi connectivity index (χ0) is 18.1. The maximum Gasteiger partial charge on any atom is 0.331 e. The summed E-state index contributed by atoms with van der Waals surface area (Å²) in [5.74, 6) is -1.09. The van der Waals surface area contributed by atoms with Crippen LogP contribution >= 0.6 is 0 Å². The summed E-state index contributed by atoms with van der Waals surface area (Å²) in [4.78, 5) is 40.7. The highest BCUT2D eigenvalue weighted by Crippen LogP contribution is 2.27. The van der Waals surface area contributed by atoms with Crippen molar-refractivity contribution in [2.75, 3.05) is 18.0 Å². The van der Waals surface area contributed by atoms with E-state index in [1.165, 1.54) is 17.7 Å². The molecule has 2 heterocycles. The van der Waals surface area contributed by atoms with E-state index >= 15 is 0 Å². The first-order chi connectivity index (χ1) is 12.6. The van der Waals surface area contributed by atoms with Gasteiger partial charge in [0.2, 0.25) is 0 Å². The fourth-order valence-electron chi connectivity index (χ4n) is 4.09. The zero-order valence-corrected chi connectivity index (χ0v) is 14.7. The number of nitrogens with one attached hydrogen (secondary N) is 1. The molecule has 4 rings (SSSR count). The van der Waals surface area contributed by atoms with E-state index in [2.05, 4.69) is 10.2 Å². The predicted octanol–water partition coefficient (Wildman–Crippen LogP) is 2.69. The Hall–Kier alpha value is -2.63. The van der Waals surface area contributed by atoms with Gasteiger partial charge in [-0.1, -0.05) is 25.0 Å². The highest BCUT2D eigenvalue weighted by atomic mass is 16.2. The summed E-state index contributed by atoms with van der Waals surface area (Å²) in [6, 6.07) is 7.17. The lowest BCUT2D eigenvalue weighted by Gasteiger charge is -2.31. The van der Waals surface area contributed by atoms with Gasteiger partial charge in [0.1, 0.15) is 5.57 Å². The Balaban J connectivity index is 1.57. The van der Waals surface area contributed by atoms with Crippen LogP contribution in [0.5, 0.6) is 0 Å². The van der Waals surface area contributed by atoms with Crippen molar-refractivity contribution in [2.24, 2.45) is 0 Å². The second kappa shape index (κ2) is 6.94. The molecule has 2 aliphatic heterocycles. The normalized spacial score (nSPS) is 23.2. The Morgan fingerprint density at radius 2 is 1.58 bits per heavy atom. The Labute approximate surface area is 152 Å². The number of imide groups is 2. The molecule has 1 aromatic carbocycles. The Bertz CT molecular complexity index is 757. The first-order valence-corrected chi connectivity index (χ1v) is 9.39. The van der Waals surface area contributed by atoms with E-state index < -0.39 is 17.8 Å². The third-order valence-corrected chi connectivity index (χ3v) is 5.50. The molecule has 0 atom stereocenters. The van der Waals surface area contributed by atoms with Crippen molar-refractivity contribution >= 4 is 29.6 Å². The lowest BCUT2D eigenvalue weighted by atomic mass is 10.0. The highest BCUT2D eigenvalue weighted by Gasteiger charge is 2.40. The molecule has 6 heteroatoms. The van der Waals surface area contributed by atoms with Gasteiger partial charge in [0.15, 0.2) is 0 Å². The molecule has 0 radical (unpaired) electrons. The maximum atomic E-state index is 12.8. The summed E-state index contributed by atoms with van der Waals surface area (Å²) < 4.78 is 0. The molecule has 0 bridgehead atoms. The number of carbonyl (C=O) groups is 3. The Morgan fingerprint density at radius 3 is 2.23 bits per heavy atom. The first-order valence-electron chi connectivity index (χ1n) is 9.39. The summed E-state index contributed by atoms with van der Waals surface area (Å²) in [6.07, 6.45) is 7.65. The number of benzene rings is 1. The van der Waals surface area contributed by atoms with Gasteiger partial charge >= 0.3 is 6.03 Å². The Kier molecular flexibility index (Phi) is 4.49. The van der Waals surface area contributed by atoms with E-state index in [1.54, 1.807) is 6.08 Å². The minimum absolute atomic E-state index is 0.0328. The first kappa shape index (κ1) is 16.8. The monoisotopic (exact) mass is 353 g/mol. The largest absolute Gasteiger partial charge is 0.372 e. The molecule has 0 unspecified atom stereocenters. The molecule has 6 nitrogen and oxygen atoms in total. The van der Waals surface area contributed by atoms with Crippen LogP contribution in [-0.4, -0.2) is 41.9 Å². The fraction of sp³-hybridized carbons (Fsp3) is 0.450. The number of hydrogen-bond donors (Lipinski definition) is 1. The van der Waals surface area contributed by atoms with Crippen LogP contribution in [0.3, 0.4) is 0 Å². The molecule has 4 amide bonds. The molecule has 2 saturated heterocycles. The molecule has 1 aliphatic carbocycles. The van der Waals surface area contributed by atoms with Gasteiger partial charge < -0.3 is 4.90 Å². The second-order valence-electron chi connectivity index (χ2n) is 7.22. The van der Waals surface area contributed by atoms with Crippen LogP contribution in [0.25, 0.3) is 6.08 Å². The average molecular weight is 353 g/mol. The lowest BCUT2D eigenvalue weighted by Crippen LogP contribution is -2.57. The van der Waals surface area contributed by atoms with E-state index in [9.17, 15) is 14.4 Å². The van der Waals surface area contributed by atoms with Gasteiger partial charge in [0.05, 0.1) is 0 Å². The Morgan fingerprint density at radius 1 is 0.923 bits per heavy atom. The molecule has 1 aromatic rings. The molecular weight excluding hydrogens is 330 g/mol. The van der Waals surface area contributed by atoms with Gasteiger partial charge in [0.25, 0.3) is 11.8 Å². The van der Waals surface area contributed by atoms with Crippen molar-refractivity contribution < 1.29 is 14.4 Å². The molecule has 0 aromatic heterocycles. The van der Waals surface area contributed by atoms with Gasteiger partial charge in [-0.3, -0.25) is 19.8 Å². The van der Waals surface area contributed by atoms with E-state index in [1.807, 2.05) is 24.3 Å². The molecule has 1 N–H and O–H groups in total. The molecule has 26 heavy (non-hydrogen) atoms. The highest BCUT2D eigenvalue weighted by molar-refractivity contribution is 6.31. The minimum Gasteiger partial charge on any atom is -0.372 e. The number of hydrogen-bond acceptors (Lipinski definition) is 4. The lowest BCUT2D eigenvalue weighted by molar-refractivity contribution is -0.131. The topological polar surface area (TPSA) is 69.7 Å². The fourth-order valence-corrected chi connectivity index (χ4v) is 4.09. The van der Waals surface area contributed by atoms with Crippen LogP contribution in [0, 0.1) is 0 Å². The van der Waals surface area contributed by atoms with Crippen molar-refractivity contribution in [2.45, 2.75) is 44.6 Å². The summed E-state index contributed by atoms with van der Waals surface area (Å²) in [5, 5.41) is 2.31. The number of amides is 4. The van der Waals surface area contributed by atoms with Gasteiger partial charge in [-0.05, 0) is 49.5 Å². The smallest absolute Gasteiger partial charge is 0.331 e. The number of barbiturate groups is 1. The van der Waals surface area contributed by atoms with E-state index in [0.29, 0.717) is 0 Å². The summed E-state index contributed by atoms with van der Waals surface area (Å²) in [5.41, 5.74) is 1.98. The molecule has 1 saturated carbocycles. The maximum absolute atomic E-state index is 12.8. The summed E-state index contributed by atoms with van der Waals surface area (Å²) >= 11 is 0. The summed E-state index contributed by atoms with van der Waals surface area (Å²) in [7, 11) is 0. The van der Waals surface area contributed by atoms with Crippen LogP contribution in [0.2, 0.25) is 0 Å². The van der Waals surface area contributed by atoms with Crippen LogP contribution < -0.4 is 10.2 Å². The standard InChI is InChI=1S/C20H23N3O3/c24-18-17(19(25)23(20(26)21-18)16-5-1-2-6-16)13-14-7-9-15(10-8-14)22-11-3-4-12-22/h7-10,13,16H,1-6,11-12H2,(H,21,24,26). The van der Waals surface area contributed by atoms with Crippen molar-refractivity contribution in [3.63, 3.8) is 0 Å². The van der Waals surface area contributed by atoms with Crippen LogP contribution in [0.1, 0.15) is 44.1 Å². The van der Waals surface area contributed by atoms with Crippen molar-refractivity contribution in [3.8, 4) is 0 Å². The van der Waals surface area contributed by atoms with Crippen LogP contribution in [0.4, 0.5) is 10.5 Å². The minimum atomic E-state index is -0.613. The third-order valence-electron chi connectivity index (χ3n) is 5.50. The number of carbonyl (C=O) groups excluding carboxylic acids is 3. The average Bonchev–Trinajstić information content (AvgIpc) is 3.33. The van der Waals surface area contributed by atoms with E-state index in [4.69, 9.17) is 0 Å². The quantitative estimate of drug-likeness (QED) is 0.670. The van der Waals surface area contributed by atoms with E-state index in [0.717, 1.165) is 50.0 Å². The van der Waals surface area contributed by atoms with E-state index in [-0.39, 0.29) is 11.6 Å². The van der Waals surface area contributed by atoms with Crippen molar-refractivity contribution in [1.82, 2.24) is 10.2 Å². The third kappa shape index (κ3) is 3.11. The number of rotatable bonds is 3. The van der Waals surface area contributed by atoms with Crippen LogP contribution in [0.15, 0.2) is 29.8 Å². The number of nitrogens with zero attached hydrogens (tertiary/aromatic N) is 2. The van der Waals surface area contributed by atoms with Crippen molar-refractivity contribution in [1.29, 1.82) is 0 Å². The molecule has 3 aliphatic rings. The molecule has 0 spiro atoms. The predicted molar refractivity (Wildman–Crippen MR) is 98.5 cm³/mol. The number of anilines is 1. The number of urea groups is 1. The van der Waals surface area contributed by atoms with Crippen LogP contribution in [-0.2, 0) is 9.59 Å².